The Morgan fingerprint density at radius 2 is 1.95 bits per heavy atom. The molecule has 4 N–H and O–H groups in total. The fourth-order valence-corrected chi connectivity index (χ4v) is 1.88. The quantitative estimate of drug-likeness (QED) is 0.832. The Morgan fingerprint density at radius 1 is 1.19 bits per heavy atom. The third-order valence-electron chi connectivity index (χ3n) is 2.91. The van der Waals surface area contributed by atoms with Gasteiger partial charge in [0.25, 0.3) is 5.91 Å². The van der Waals surface area contributed by atoms with E-state index in [0.717, 1.165) is 0 Å². The van der Waals surface area contributed by atoms with Crippen LogP contribution in [0.2, 0.25) is 0 Å². The zero-order chi connectivity index (χ0) is 15.2. The van der Waals surface area contributed by atoms with E-state index >= 15 is 0 Å². The van der Waals surface area contributed by atoms with Gasteiger partial charge < -0.3 is 16.4 Å². The summed E-state index contributed by atoms with van der Waals surface area (Å²) in [5, 5.41) is 7.68. The molecule has 21 heavy (non-hydrogen) atoms. The van der Waals surface area contributed by atoms with Crippen LogP contribution < -0.4 is 16.4 Å². The number of hydrogen-bond acceptors (Lipinski definition) is 5. The number of rotatable bonds is 6. The molecule has 0 unspecified atom stereocenters. The Morgan fingerprint density at radius 3 is 2.52 bits per heavy atom. The van der Waals surface area contributed by atoms with Crippen LogP contribution in [0.4, 0.5) is 15.9 Å². The van der Waals surface area contributed by atoms with E-state index in [4.69, 9.17) is 11.5 Å². The van der Waals surface area contributed by atoms with Crippen LogP contribution in [0.3, 0.4) is 0 Å². The van der Waals surface area contributed by atoms with Gasteiger partial charge >= 0.3 is 0 Å². The maximum atomic E-state index is 14.0. The first kappa shape index (κ1) is 14.9. The standard InChI is InChI=1S/C14H16FN5O/c15-10-4-1-2-5-12(10)20(9-3-8-16)13-7-6-11(14(17)21)18-19-13/h1-2,4-7H,3,8-9,16H2,(H2,17,21). The molecule has 1 amide bonds. The molecule has 1 aromatic heterocycles. The summed E-state index contributed by atoms with van der Waals surface area (Å²) in [4.78, 5) is 12.7. The maximum absolute atomic E-state index is 14.0. The van der Waals surface area contributed by atoms with Gasteiger partial charge in [-0.25, -0.2) is 4.39 Å². The van der Waals surface area contributed by atoms with Crippen LogP contribution in [0.5, 0.6) is 0 Å². The number of anilines is 2. The second-order valence-corrected chi connectivity index (χ2v) is 4.39. The van der Waals surface area contributed by atoms with E-state index < -0.39 is 5.91 Å². The minimum Gasteiger partial charge on any atom is -0.364 e. The van der Waals surface area contributed by atoms with Crippen LogP contribution >= 0.6 is 0 Å². The van der Waals surface area contributed by atoms with Crippen molar-refractivity contribution in [3.8, 4) is 0 Å². The number of carbonyl (C=O) groups is 1. The third-order valence-corrected chi connectivity index (χ3v) is 2.91. The van der Waals surface area contributed by atoms with Crippen LogP contribution in [0.25, 0.3) is 0 Å². The van der Waals surface area contributed by atoms with E-state index in [1.165, 1.54) is 12.1 Å². The Balaban J connectivity index is 2.36. The number of nitrogens with zero attached hydrogens (tertiary/aromatic N) is 3. The molecule has 0 aliphatic heterocycles. The first-order valence-corrected chi connectivity index (χ1v) is 6.49. The van der Waals surface area contributed by atoms with Crippen molar-refractivity contribution in [1.82, 2.24) is 10.2 Å². The minimum absolute atomic E-state index is 0.0612. The van der Waals surface area contributed by atoms with Gasteiger partial charge in [-0.05, 0) is 37.2 Å². The lowest BCUT2D eigenvalue weighted by Gasteiger charge is -2.23. The van der Waals surface area contributed by atoms with Crippen LogP contribution in [0, 0.1) is 5.82 Å². The molecule has 0 saturated heterocycles. The number of primary amides is 1. The highest BCUT2D eigenvalue weighted by Gasteiger charge is 2.15. The zero-order valence-corrected chi connectivity index (χ0v) is 11.4. The molecule has 0 fully saturated rings. The summed E-state index contributed by atoms with van der Waals surface area (Å²) < 4.78 is 14.0. The van der Waals surface area contributed by atoms with Crippen molar-refractivity contribution >= 4 is 17.4 Å². The summed E-state index contributed by atoms with van der Waals surface area (Å²) in [6.07, 6.45) is 0.660. The molecule has 1 aromatic carbocycles. The largest absolute Gasteiger partial charge is 0.364 e. The average molecular weight is 289 g/mol. The van der Waals surface area contributed by atoms with Gasteiger partial charge in [-0.1, -0.05) is 12.1 Å². The predicted molar refractivity (Wildman–Crippen MR) is 77.6 cm³/mol. The molecule has 0 radical (unpaired) electrons. The number of benzene rings is 1. The molecule has 0 atom stereocenters. The molecule has 2 aromatic rings. The number of carbonyl (C=O) groups excluding carboxylic acids is 1. The second kappa shape index (κ2) is 6.76. The molecule has 110 valence electrons. The number of nitrogens with two attached hydrogens (primary N) is 2. The number of hydrogen-bond donors (Lipinski definition) is 2. The predicted octanol–water partition coefficient (Wildman–Crippen LogP) is 1.20. The highest BCUT2D eigenvalue weighted by molar-refractivity contribution is 5.90. The molecule has 6 nitrogen and oxygen atoms in total. The first-order chi connectivity index (χ1) is 10.1. The molecule has 0 aliphatic rings. The molecule has 0 bridgehead atoms. The average Bonchev–Trinajstić information content (AvgIpc) is 2.50. The zero-order valence-electron chi connectivity index (χ0n) is 11.4. The summed E-state index contributed by atoms with van der Waals surface area (Å²) in [7, 11) is 0. The summed E-state index contributed by atoms with van der Waals surface area (Å²) >= 11 is 0. The summed E-state index contributed by atoms with van der Waals surface area (Å²) in [6.45, 7) is 0.958. The van der Waals surface area contributed by atoms with E-state index in [1.807, 2.05) is 0 Å². The van der Waals surface area contributed by atoms with E-state index in [9.17, 15) is 9.18 Å². The first-order valence-electron chi connectivity index (χ1n) is 6.49. The normalized spacial score (nSPS) is 10.4. The second-order valence-electron chi connectivity index (χ2n) is 4.39. The fraction of sp³-hybridized carbons (Fsp3) is 0.214. The summed E-state index contributed by atoms with van der Waals surface area (Å²) in [6, 6.07) is 9.41. The third kappa shape index (κ3) is 3.51. The van der Waals surface area contributed by atoms with Crippen molar-refractivity contribution in [1.29, 1.82) is 0 Å². The Hall–Kier alpha value is -2.54. The monoisotopic (exact) mass is 289 g/mol. The van der Waals surface area contributed by atoms with Gasteiger partial charge in [0, 0.05) is 6.54 Å². The molecule has 0 aliphatic carbocycles. The Bertz CT molecular complexity index is 617. The fourth-order valence-electron chi connectivity index (χ4n) is 1.88. The van der Waals surface area contributed by atoms with Gasteiger partial charge in [-0.2, -0.15) is 0 Å². The Kier molecular flexibility index (Phi) is 4.78. The smallest absolute Gasteiger partial charge is 0.269 e. The highest BCUT2D eigenvalue weighted by Crippen LogP contribution is 2.25. The van der Waals surface area contributed by atoms with E-state index in [2.05, 4.69) is 10.2 Å². The van der Waals surface area contributed by atoms with E-state index in [-0.39, 0.29) is 11.5 Å². The summed E-state index contributed by atoms with van der Waals surface area (Å²) in [5.74, 6) is -0.595. The topological polar surface area (TPSA) is 98.1 Å². The van der Waals surface area contributed by atoms with Gasteiger partial charge in [0.05, 0.1) is 5.69 Å². The lowest BCUT2D eigenvalue weighted by atomic mass is 10.2. The molecule has 1 heterocycles. The number of amides is 1. The van der Waals surface area contributed by atoms with Crippen LogP contribution in [0.15, 0.2) is 36.4 Å². The van der Waals surface area contributed by atoms with E-state index in [1.54, 1.807) is 29.2 Å². The molecule has 0 saturated carbocycles. The highest BCUT2D eigenvalue weighted by atomic mass is 19.1. The van der Waals surface area contributed by atoms with Crippen LogP contribution in [-0.4, -0.2) is 29.2 Å². The molecular weight excluding hydrogens is 273 g/mol. The molecular formula is C14H16FN5O. The van der Waals surface area contributed by atoms with Crippen molar-refractivity contribution < 1.29 is 9.18 Å². The lowest BCUT2D eigenvalue weighted by molar-refractivity contribution is 0.0994. The van der Waals surface area contributed by atoms with E-state index in [0.29, 0.717) is 31.0 Å². The van der Waals surface area contributed by atoms with Gasteiger partial charge in [0.2, 0.25) is 0 Å². The Labute approximate surface area is 121 Å². The minimum atomic E-state index is -0.659. The molecule has 0 spiro atoms. The van der Waals surface area contributed by atoms with Crippen molar-refractivity contribution in [3.63, 3.8) is 0 Å². The number of para-hydroxylation sites is 1. The number of halogens is 1. The van der Waals surface area contributed by atoms with Crippen molar-refractivity contribution in [2.24, 2.45) is 11.5 Å². The van der Waals surface area contributed by atoms with Crippen LogP contribution in [0.1, 0.15) is 16.9 Å². The molecule has 2 rings (SSSR count). The van der Waals surface area contributed by atoms with Gasteiger partial charge in [0.15, 0.2) is 11.5 Å². The van der Waals surface area contributed by atoms with Crippen molar-refractivity contribution in [3.05, 3.63) is 47.9 Å². The summed E-state index contributed by atoms with van der Waals surface area (Å²) in [5.41, 5.74) is 11.1. The lowest BCUT2D eigenvalue weighted by Crippen LogP contribution is -2.24. The van der Waals surface area contributed by atoms with Gasteiger partial charge in [0.1, 0.15) is 5.82 Å². The molecule has 7 heteroatoms. The van der Waals surface area contributed by atoms with Crippen molar-refractivity contribution in [2.75, 3.05) is 18.0 Å². The van der Waals surface area contributed by atoms with Crippen LogP contribution in [-0.2, 0) is 0 Å². The van der Waals surface area contributed by atoms with Gasteiger partial charge in [-0.3, -0.25) is 4.79 Å². The maximum Gasteiger partial charge on any atom is 0.269 e. The van der Waals surface area contributed by atoms with Gasteiger partial charge in [-0.15, -0.1) is 10.2 Å². The van der Waals surface area contributed by atoms with Crippen molar-refractivity contribution in [2.45, 2.75) is 6.42 Å². The SMILES string of the molecule is NCCCN(c1ccc(C(N)=O)nn1)c1ccccc1F. The number of aromatic nitrogens is 2.